The second kappa shape index (κ2) is 10.9. The molecule has 2 aromatic rings. The van der Waals surface area contributed by atoms with Crippen molar-refractivity contribution >= 4 is 28.4 Å². The normalized spacial score (nSPS) is 21.3. The minimum atomic E-state index is -1.10. The summed E-state index contributed by atoms with van der Waals surface area (Å²) in [6, 6.07) is -0.150. The summed E-state index contributed by atoms with van der Waals surface area (Å²) in [5, 5.41) is 13.2. The van der Waals surface area contributed by atoms with Gasteiger partial charge in [0.25, 0.3) is 0 Å². The fourth-order valence-electron chi connectivity index (χ4n) is 5.12. The van der Waals surface area contributed by atoms with E-state index in [2.05, 4.69) is 40.8 Å². The molecule has 2 aromatic heterocycles. The molecule has 0 bridgehead atoms. The van der Waals surface area contributed by atoms with Gasteiger partial charge in [-0.05, 0) is 12.5 Å². The lowest BCUT2D eigenvalue weighted by atomic mass is 10.1. The Morgan fingerprint density at radius 2 is 1.69 bits per heavy atom. The molecule has 11 heteroatoms. The van der Waals surface area contributed by atoms with E-state index in [-0.39, 0.29) is 18.6 Å². The molecule has 1 unspecified atom stereocenters. The van der Waals surface area contributed by atoms with Crippen LogP contribution in [0.5, 0.6) is 0 Å². The number of hydrogen-bond donors (Lipinski definition) is 2. The Balaban J connectivity index is 1.30. The fraction of sp³-hybridized carbons (Fsp3) is 0.680. The van der Waals surface area contributed by atoms with Crippen LogP contribution in [0.15, 0.2) is 11.1 Å². The number of nitrogens with zero attached hydrogens (tertiary/aromatic N) is 7. The number of anilines is 3. The summed E-state index contributed by atoms with van der Waals surface area (Å²) in [4.78, 5) is 27.1. The standard InChI is InChI=1S/C25H38N8O2S/c1-4-31-8-5-18-19(6-9-31)27-22(15-26-18)32-10-12-33(13-11-32)25-29-20-7-14-36(35)23(20)24(30-25)28-21(16-34)17(2)3/h15,17,21,34H,4-14,16H2,1-3H3,(H,28,29,30)/t21-,36?/m0/s1. The maximum Gasteiger partial charge on any atom is 0.227 e. The number of fused-ring (bicyclic) bond motifs is 2. The van der Waals surface area contributed by atoms with Crippen molar-refractivity contribution in [1.29, 1.82) is 0 Å². The third kappa shape index (κ3) is 5.19. The topological polar surface area (TPSA) is 111 Å². The Morgan fingerprint density at radius 3 is 2.39 bits per heavy atom. The number of piperazine rings is 1. The molecule has 0 spiro atoms. The Bertz CT molecular complexity index is 1110. The third-order valence-corrected chi connectivity index (χ3v) is 9.04. The van der Waals surface area contributed by atoms with Crippen LogP contribution >= 0.6 is 0 Å². The molecule has 10 nitrogen and oxygen atoms in total. The van der Waals surface area contributed by atoms with Crippen LogP contribution in [0.4, 0.5) is 17.6 Å². The second-order valence-corrected chi connectivity index (χ2v) is 11.7. The monoisotopic (exact) mass is 514 g/mol. The number of aliphatic hydroxyl groups is 1. The zero-order chi connectivity index (χ0) is 25.2. The molecule has 3 aliphatic heterocycles. The highest BCUT2D eigenvalue weighted by Gasteiger charge is 2.30. The van der Waals surface area contributed by atoms with Crippen molar-refractivity contribution in [2.24, 2.45) is 5.92 Å². The molecule has 36 heavy (non-hydrogen) atoms. The van der Waals surface area contributed by atoms with E-state index in [1.807, 2.05) is 6.20 Å². The van der Waals surface area contributed by atoms with E-state index in [0.29, 0.717) is 28.8 Å². The lowest BCUT2D eigenvalue weighted by molar-refractivity contribution is 0.249. The predicted octanol–water partition coefficient (Wildman–Crippen LogP) is 1.11. The van der Waals surface area contributed by atoms with Crippen molar-refractivity contribution in [3.8, 4) is 0 Å². The van der Waals surface area contributed by atoms with Crippen LogP contribution in [-0.2, 0) is 30.1 Å². The number of aryl methyl sites for hydroxylation is 1. The first-order valence-electron chi connectivity index (χ1n) is 13.2. The van der Waals surface area contributed by atoms with Gasteiger partial charge < -0.3 is 25.1 Å². The first kappa shape index (κ1) is 25.3. The molecule has 0 saturated carbocycles. The van der Waals surface area contributed by atoms with Gasteiger partial charge in [-0.2, -0.15) is 4.98 Å². The van der Waals surface area contributed by atoms with Crippen LogP contribution in [0.3, 0.4) is 0 Å². The van der Waals surface area contributed by atoms with E-state index >= 15 is 0 Å². The van der Waals surface area contributed by atoms with Gasteiger partial charge in [-0.1, -0.05) is 20.8 Å². The zero-order valence-electron chi connectivity index (χ0n) is 21.6. The number of hydrogen-bond acceptors (Lipinski definition) is 10. The van der Waals surface area contributed by atoms with Gasteiger partial charge in [-0.25, -0.2) is 9.97 Å². The highest BCUT2D eigenvalue weighted by molar-refractivity contribution is 7.85. The maximum atomic E-state index is 12.7. The van der Waals surface area contributed by atoms with E-state index in [1.165, 1.54) is 0 Å². The van der Waals surface area contributed by atoms with Gasteiger partial charge in [-0.3, -0.25) is 9.19 Å². The van der Waals surface area contributed by atoms with Gasteiger partial charge >= 0.3 is 0 Å². The Morgan fingerprint density at radius 1 is 0.972 bits per heavy atom. The summed E-state index contributed by atoms with van der Waals surface area (Å²) in [5.41, 5.74) is 3.14. The molecule has 2 atom stereocenters. The van der Waals surface area contributed by atoms with Crippen LogP contribution in [0.1, 0.15) is 37.9 Å². The molecular weight excluding hydrogens is 476 g/mol. The van der Waals surface area contributed by atoms with Crippen molar-refractivity contribution in [2.75, 3.05) is 73.3 Å². The van der Waals surface area contributed by atoms with Crippen LogP contribution in [0.2, 0.25) is 0 Å². The third-order valence-electron chi connectivity index (χ3n) is 7.58. The SMILES string of the molecule is CCN1CCc2ncc(N3CCN(c4nc5c(c(N[C@@H](CO)C(C)C)n4)S(=O)CC5)CC3)nc2CC1. The molecule has 1 saturated heterocycles. The number of rotatable bonds is 7. The summed E-state index contributed by atoms with van der Waals surface area (Å²) in [7, 11) is -1.10. The van der Waals surface area contributed by atoms with E-state index < -0.39 is 10.8 Å². The Kier molecular flexibility index (Phi) is 7.68. The molecule has 1 fully saturated rings. The van der Waals surface area contributed by atoms with E-state index in [9.17, 15) is 9.32 Å². The quantitative estimate of drug-likeness (QED) is 0.557. The minimum absolute atomic E-state index is 0.00459. The molecular formula is C25H38N8O2S. The van der Waals surface area contributed by atoms with Crippen LogP contribution in [-0.4, -0.2) is 98.4 Å². The average molecular weight is 515 g/mol. The molecule has 5 rings (SSSR count). The highest BCUT2D eigenvalue weighted by Crippen LogP contribution is 2.31. The van der Waals surface area contributed by atoms with Crippen molar-refractivity contribution in [3.05, 3.63) is 23.3 Å². The zero-order valence-corrected chi connectivity index (χ0v) is 22.4. The van der Waals surface area contributed by atoms with E-state index in [0.717, 1.165) is 81.6 Å². The van der Waals surface area contributed by atoms with Gasteiger partial charge in [-0.15, -0.1) is 0 Å². The first-order valence-corrected chi connectivity index (χ1v) is 14.5. The molecule has 0 radical (unpaired) electrons. The largest absolute Gasteiger partial charge is 0.394 e. The molecule has 196 valence electrons. The van der Waals surface area contributed by atoms with Crippen LogP contribution in [0, 0.1) is 5.92 Å². The number of aliphatic hydroxyl groups excluding tert-OH is 1. The lowest BCUT2D eigenvalue weighted by Gasteiger charge is -2.35. The Hall–Kier alpha value is -2.37. The lowest BCUT2D eigenvalue weighted by Crippen LogP contribution is -2.47. The molecule has 5 heterocycles. The smallest absolute Gasteiger partial charge is 0.227 e. The highest BCUT2D eigenvalue weighted by atomic mass is 32.2. The van der Waals surface area contributed by atoms with Gasteiger partial charge in [0.05, 0.1) is 46.7 Å². The maximum absolute atomic E-state index is 12.7. The van der Waals surface area contributed by atoms with E-state index in [4.69, 9.17) is 19.9 Å². The van der Waals surface area contributed by atoms with Crippen molar-refractivity contribution in [3.63, 3.8) is 0 Å². The summed E-state index contributed by atoms with van der Waals surface area (Å²) < 4.78 is 12.7. The van der Waals surface area contributed by atoms with Gasteiger partial charge in [0.1, 0.15) is 16.5 Å². The molecule has 2 N–H and O–H groups in total. The van der Waals surface area contributed by atoms with Crippen molar-refractivity contribution in [2.45, 2.75) is 51.0 Å². The van der Waals surface area contributed by atoms with Crippen LogP contribution in [0.25, 0.3) is 0 Å². The Labute approximate surface area is 216 Å². The van der Waals surface area contributed by atoms with Crippen molar-refractivity contribution in [1.82, 2.24) is 24.8 Å². The summed E-state index contributed by atoms with van der Waals surface area (Å²) >= 11 is 0. The molecule has 0 aromatic carbocycles. The minimum Gasteiger partial charge on any atom is -0.394 e. The van der Waals surface area contributed by atoms with E-state index in [1.54, 1.807) is 0 Å². The number of nitrogens with one attached hydrogen (secondary N) is 1. The van der Waals surface area contributed by atoms with Gasteiger partial charge in [0.2, 0.25) is 5.95 Å². The van der Waals surface area contributed by atoms with Gasteiger partial charge in [0, 0.05) is 64.3 Å². The number of aromatic nitrogens is 4. The molecule has 0 aliphatic carbocycles. The fourth-order valence-corrected chi connectivity index (χ4v) is 6.43. The van der Waals surface area contributed by atoms with Gasteiger partial charge in [0.15, 0.2) is 0 Å². The van der Waals surface area contributed by atoms with Crippen molar-refractivity contribution < 1.29 is 9.32 Å². The summed E-state index contributed by atoms with van der Waals surface area (Å²) in [5.74, 6) is 3.03. The average Bonchev–Trinajstić information content (AvgIpc) is 3.15. The number of likely N-dealkylation sites (N-methyl/N-ethyl adjacent to an activating group) is 1. The molecule has 0 amide bonds. The molecule has 3 aliphatic rings. The summed E-state index contributed by atoms with van der Waals surface area (Å²) in [6.07, 6.45) is 4.54. The van der Waals surface area contributed by atoms with Crippen LogP contribution < -0.4 is 15.1 Å². The second-order valence-electron chi connectivity index (χ2n) is 10.2. The predicted molar refractivity (Wildman–Crippen MR) is 142 cm³/mol. The summed E-state index contributed by atoms with van der Waals surface area (Å²) in [6.45, 7) is 12.7. The first-order chi connectivity index (χ1) is 17.5.